The molecule has 0 saturated heterocycles. The van der Waals surface area contributed by atoms with Crippen molar-refractivity contribution in [3.8, 4) is 79.2 Å². The number of aromatic nitrogens is 5. The Balaban J connectivity index is 1.03. The molecule has 0 aliphatic heterocycles. The molecule has 7 aromatic carbocycles. The van der Waals surface area contributed by atoms with Gasteiger partial charge in [0.15, 0.2) is 23.3 Å². The molecule has 10 aromatic rings. The van der Waals surface area contributed by atoms with Crippen molar-refractivity contribution in [2.24, 2.45) is 0 Å². The number of fused-ring (bicyclic) bond motifs is 3. The van der Waals surface area contributed by atoms with Gasteiger partial charge in [-0.25, -0.2) is 24.9 Å². The van der Waals surface area contributed by atoms with Crippen molar-refractivity contribution in [3.63, 3.8) is 0 Å². The van der Waals surface area contributed by atoms with Crippen LogP contribution in [0.15, 0.2) is 188 Å². The zero-order valence-electron chi connectivity index (χ0n) is 29.5. The Labute approximate surface area is 322 Å². The van der Waals surface area contributed by atoms with Crippen LogP contribution in [-0.2, 0) is 0 Å². The van der Waals surface area contributed by atoms with Gasteiger partial charge in [-0.3, -0.25) is 0 Å². The Morgan fingerprint density at radius 2 is 0.745 bits per heavy atom. The fourth-order valence-corrected chi connectivity index (χ4v) is 8.24. The predicted octanol–water partition coefficient (Wildman–Crippen LogP) is 12.7. The van der Waals surface area contributed by atoms with E-state index < -0.39 is 0 Å². The third kappa shape index (κ3) is 6.35. The number of hydrogen-bond donors (Lipinski definition) is 0. The minimum atomic E-state index is 0.640. The third-order valence-corrected chi connectivity index (χ3v) is 11.0. The Morgan fingerprint density at radius 3 is 1.27 bits per heavy atom. The molecule has 3 heterocycles. The van der Waals surface area contributed by atoms with Crippen LogP contribution in [-0.4, -0.2) is 24.9 Å². The summed E-state index contributed by atoms with van der Waals surface area (Å²) < 4.78 is 2.39. The van der Waals surface area contributed by atoms with E-state index in [0.29, 0.717) is 17.5 Å². The maximum absolute atomic E-state index is 5.14. The van der Waals surface area contributed by atoms with Gasteiger partial charge in [-0.05, 0) is 29.3 Å². The first-order valence-electron chi connectivity index (χ1n) is 18.2. The summed E-state index contributed by atoms with van der Waals surface area (Å²) in [5, 5.41) is 2.42. The van der Waals surface area contributed by atoms with E-state index >= 15 is 0 Å². The minimum absolute atomic E-state index is 0.640. The fourth-order valence-electron chi connectivity index (χ4n) is 6.98. The molecule has 0 aliphatic rings. The van der Waals surface area contributed by atoms with E-state index in [2.05, 4.69) is 91.0 Å². The number of nitrogens with zero attached hydrogens (tertiary/aromatic N) is 5. The van der Waals surface area contributed by atoms with Crippen LogP contribution in [0.3, 0.4) is 0 Å². The van der Waals surface area contributed by atoms with Gasteiger partial charge in [-0.15, -0.1) is 11.3 Å². The molecule has 0 aliphatic carbocycles. The molecule has 0 atom stereocenters. The molecular formula is C49H31N5S. The SMILES string of the molecule is c1ccc(-c2cc(-c3ccccc3)nc(-c3cccc4c3sc3cc(-c5ccc(-c6nc(-c7ccccc7)nc(-c7ccccc7)n6)cc5)ccc34)n2)cc1. The standard InChI is InChI=1S/C49H31N5S/c1-5-14-33(15-6-1)42-31-43(34-16-7-2-8-17-34)51-49(50-42)41-23-13-22-40-39-29-28-38(30-44(39)55-45(40)41)32-24-26-37(27-25-32)48-53-46(35-18-9-3-10-19-35)52-47(54-48)36-20-11-4-12-21-36/h1-31H. The topological polar surface area (TPSA) is 64.5 Å². The van der Waals surface area contributed by atoms with Gasteiger partial charge in [0.25, 0.3) is 0 Å². The van der Waals surface area contributed by atoms with Crippen molar-refractivity contribution in [2.45, 2.75) is 0 Å². The highest BCUT2D eigenvalue weighted by atomic mass is 32.1. The number of thiophene rings is 1. The quantitative estimate of drug-likeness (QED) is 0.164. The van der Waals surface area contributed by atoms with Crippen molar-refractivity contribution in [2.75, 3.05) is 0 Å². The molecule has 3 aromatic heterocycles. The van der Waals surface area contributed by atoms with Crippen LogP contribution < -0.4 is 0 Å². The molecular weight excluding hydrogens is 691 g/mol. The first-order chi connectivity index (χ1) is 27.2. The van der Waals surface area contributed by atoms with Crippen LogP contribution in [0.1, 0.15) is 0 Å². The summed E-state index contributed by atoms with van der Waals surface area (Å²) >= 11 is 1.79. The average molecular weight is 722 g/mol. The second kappa shape index (κ2) is 14.0. The average Bonchev–Trinajstić information content (AvgIpc) is 3.66. The van der Waals surface area contributed by atoms with E-state index in [0.717, 1.165) is 61.7 Å². The van der Waals surface area contributed by atoms with E-state index in [4.69, 9.17) is 24.9 Å². The van der Waals surface area contributed by atoms with Gasteiger partial charge in [0.1, 0.15) is 0 Å². The highest BCUT2D eigenvalue weighted by Gasteiger charge is 2.17. The molecule has 0 amide bonds. The number of benzene rings is 7. The first kappa shape index (κ1) is 32.5. The van der Waals surface area contributed by atoms with Gasteiger partial charge in [-0.2, -0.15) is 0 Å². The molecule has 55 heavy (non-hydrogen) atoms. The molecule has 0 bridgehead atoms. The lowest BCUT2D eigenvalue weighted by molar-refractivity contribution is 1.07. The van der Waals surface area contributed by atoms with E-state index in [-0.39, 0.29) is 0 Å². The largest absolute Gasteiger partial charge is 0.228 e. The lowest BCUT2D eigenvalue weighted by atomic mass is 10.0. The van der Waals surface area contributed by atoms with Gasteiger partial charge >= 0.3 is 0 Å². The number of hydrogen-bond acceptors (Lipinski definition) is 6. The van der Waals surface area contributed by atoms with Gasteiger partial charge in [-0.1, -0.05) is 170 Å². The van der Waals surface area contributed by atoms with Crippen LogP contribution in [0.2, 0.25) is 0 Å². The minimum Gasteiger partial charge on any atom is -0.228 e. The maximum atomic E-state index is 5.14. The van der Waals surface area contributed by atoms with Crippen molar-refractivity contribution < 1.29 is 0 Å². The summed E-state index contributed by atoms with van der Waals surface area (Å²) in [6, 6.07) is 64.6. The summed E-state index contributed by atoms with van der Waals surface area (Å²) in [6.45, 7) is 0. The summed E-state index contributed by atoms with van der Waals surface area (Å²) in [5.41, 5.74) is 10.1. The first-order valence-corrected chi connectivity index (χ1v) is 19.0. The molecule has 0 saturated carbocycles. The highest BCUT2D eigenvalue weighted by Crippen LogP contribution is 2.41. The zero-order valence-corrected chi connectivity index (χ0v) is 30.4. The Hall–Kier alpha value is -7.15. The van der Waals surface area contributed by atoms with Crippen molar-refractivity contribution in [1.82, 2.24) is 24.9 Å². The number of rotatable bonds is 7. The van der Waals surface area contributed by atoms with Crippen molar-refractivity contribution in [3.05, 3.63) is 188 Å². The second-order valence-electron chi connectivity index (χ2n) is 13.3. The molecule has 0 fully saturated rings. The normalized spacial score (nSPS) is 11.3. The van der Waals surface area contributed by atoms with Crippen LogP contribution in [0.4, 0.5) is 0 Å². The van der Waals surface area contributed by atoms with Crippen molar-refractivity contribution in [1.29, 1.82) is 0 Å². The molecule has 6 heteroatoms. The molecule has 5 nitrogen and oxygen atoms in total. The van der Waals surface area contributed by atoms with Gasteiger partial charge in [0.2, 0.25) is 0 Å². The third-order valence-electron chi connectivity index (χ3n) is 9.78. The van der Waals surface area contributed by atoms with Crippen LogP contribution in [0, 0.1) is 0 Å². The molecule has 10 rings (SSSR count). The lowest BCUT2D eigenvalue weighted by Gasteiger charge is -2.10. The fraction of sp³-hybridized carbons (Fsp3) is 0. The molecule has 0 unspecified atom stereocenters. The highest BCUT2D eigenvalue weighted by molar-refractivity contribution is 7.26. The Kier molecular flexibility index (Phi) is 8.28. The van der Waals surface area contributed by atoms with Crippen molar-refractivity contribution >= 4 is 31.5 Å². The monoisotopic (exact) mass is 721 g/mol. The van der Waals surface area contributed by atoms with Gasteiger partial charge < -0.3 is 0 Å². The Morgan fingerprint density at radius 1 is 0.291 bits per heavy atom. The summed E-state index contributed by atoms with van der Waals surface area (Å²) in [5.74, 6) is 2.66. The van der Waals surface area contributed by atoms with Crippen LogP contribution in [0.25, 0.3) is 99.4 Å². The summed E-state index contributed by atoms with van der Waals surface area (Å²) in [6.07, 6.45) is 0. The molecule has 0 radical (unpaired) electrons. The van der Waals surface area contributed by atoms with E-state index in [1.54, 1.807) is 11.3 Å². The van der Waals surface area contributed by atoms with E-state index in [9.17, 15) is 0 Å². The summed E-state index contributed by atoms with van der Waals surface area (Å²) in [4.78, 5) is 25.0. The van der Waals surface area contributed by atoms with Crippen LogP contribution in [0.5, 0.6) is 0 Å². The van der Waals surface area contributed by atoms with E-state index in [1.807, 2.05) is 97.1 Å². The predicted molar refractivity (Wildman–Crippen MR) is 226 cm³/mol. The van der Waals surface area contributed by atoms with Gasteiger partial charge in [0, 0.05) is 53.6 Å². The lowest BCUT2D eigenvalue weighted by Crippen LogP contribution is -2.00. The molecule has 258 valence electrons. The maximum Gasteiger partial charge on any atom is 0.164 e. The van der Waals surface area contributed by atoms with Crippen LogP contribution >= 0.6 is 11.3 Å². The van der Waals surface area contributed by atoms with Gasteiger partial charge in [0.05, 0.1) is 11.4 Å². The molecule has 0 spiro atoms. The summed E-state index contributed by atoms with van der Waals surface area (Å²) in [7, 11) is 0. The smallest absolute Gasteiger partial charge is 0.164 e. The van der Waals surface area contributed by atoms with E-state index in [1.165, 1.54) is 20.2 Å². The second-order valence-corrected chi connectivity index (χ2v) is 14.4. The Bertz CT molecular complexity index is 2830. The zero-order chi connectivity index (χ0) is 36.6. The molecule has 0 N–H and O–H groups in total.